The number of nitrogens with one attached hydrogen (secondary N) is 1. The van der Waals surface area contributed by atoms with E-state index < -0.39 is 12.2 Å². The van der Waals surface area contributed by atoms with Gasteiger partial charge in [0.15, 0.2) is 0 Å². The maximum absolute atomic E-state index is 9.64. The van der Waals surface area contributed by atoms with E-state index in [1.807, 2.05) is 0 Å². The highest BCUT2D eigenvalue weighted by atomic mass is 35.5. The number of hydrogen-bond donors (Lipinski definition) is 4. The zero-order chi connectivity index (χ0) is 14.3. The van der Waals surface area contributed by atoms with Crippen LogP contribution in [0.1, 0.15) is 0 Å². The Labute approximate surface area is 121 Å². The number of rotatable bonds is 8. The van der Waals surface area contributed by atoms with Gasteiger partial charge in [-0.2, -0.15) is 0 Å². The van der Waals surface area contributed by atoms with Crippen molar-refractivity contribution in [1.29, 1.82) is 0 Å². The summed E-state index contributed by atoms with van der Waals surface area (Å²) < 4.78 is 5.34. The summed E-state index contributed by atoms with van der Waals surface area (Å²) in [5.41, 5.74) is 0. The van der Waals surface area contributed by atoms with Crippen LogP contribution < -0.4 is 10.1 Å². The summed E-state index contributed by atoms with van der Waals surface area (Å²) in [6.45, 7) is 0.182. The third kappa shape index (κ3) is 6.42. The van der Waals surface area contributed by atoms with Crippen LogP contribution in [0.25, 0.3) is 0 Å². The summed E-state index contributed by atoms with van der Waals surface area (Å²) in [7, 11) is 0. The Morgan fingerprint density at radius 2 is 1.84 bits per heavy atom. The molecule has 2 unspecified atom stereocenters. The van der Waals surface area contributed by atoms with Crippen molar-refractivity contribution in [2.75, 3.05) is 26.3 Å². The quantitative estimate of drug-likeness (QED) is 0.567. The van der Waals surface area contributed by atoms with Gasteiger partial charge in [-0.1, -0.05) is 23.2 Å². The Kier molecular flexibility index (Phi) is 7.45. The third-order valence-electron chi connectivity index (χ3n) is 2.30. The van der Waals surface area contributed by atoms with Crippen molar-refractivity contribution in [3.05, 3.63) is 28.2 Å². The van der Waals surface area contributed by atoms with Gasteiger partial charge in [0.25, 0.3) is 0 Å². The normalized spacial score (nSPS) is 14.2. The van der Waals surface area contributed by atoms with Crippen molar-refractivity contribution in [2.24, 2.45) is 0 Å². The van der Waals surface area contributed by atoms with Crippen LogP contribution >= 0.6 is 23.2 Å². The molecular formula is C12H17Cl2NO4. The van der Waals surface area contributed by atoms with Crippen molar-refractivity contribution >= 4 is 23.2 Å². The third-order valence-corrected chi connectivity index (χ3v) is 2.83. The van der Waals surface area contributed by atoms with E-state index in [0.717, 1.165) is 0 Å². The Hall–Kier alpha value is -0.560. The molecular weight excluding hydrogens is 293 g/mol. The van der Waals surface area contributed by atoms with Gasteiger partial charge in [-0.3, -0.25) is 0 Å². The smallest absolute Gasteiger partial charge is 0.138 e. The SMILES string of the molecule is OCC(O)CNCC(O)COc1ccc(Cl)cc1Cl. The van der Waals surface area contributed by atoms with E-state index in [4.69, 9.17) is 38.2 Å². The van der Waals surface area contributed by atoms with Crippen molar-refractivity contribution in [3.8, 4) is 5.75 Å². The topological polar surface area (TPSA) is 82.0 Å². The molecule has 2 atom stereocenters. The lowest BCUT2D eigenvalue weighted by Crippen LogP contribution is -2.37. The van der Waals surface area contributed by atoms with Gasteiger partial charge >= 0.3 is 0 Å². The lowest BCUT2D eigenvalue weighted by Gasteiger charge is -2.15. The molecule has 0 radical (unpaired) electrons. The van der Waals surface area contributed by atoms with Gasteiger partial charge in [-0.25, -0.2) is 0 Å². The molecule has 0 spiro atoms. The number of halogens is 2. The average Bonchev–Trinajstić information content (AvgIpc) is 2.37. The van der Waals surface area contributed by atoms with Crippen LogP contribution in [-0.4, -0.2) is 53.8 Å². The second kappa shape index (κ2) is 8.58. The molecule has 108 valence electrons. The summed E-state index contributed by atoms with van der Waals surface area (Å²) in [6.07, 6.45) is -1.59. The largest absolute Gasteiger partial charge is 0.489 e. The molecule has 1 aromatic rings. The number of benzene rings is 1. The summed E-state index contributed by atoms with van der Waals surface area (Å²) in [4.78, 5) is 0. The summed E-state index contributed by atoms with van der Waals surface area (Å²) >= 11 is 11.7. The molecule has 0 aliphatic carbocycles. The zero-order valence-electron chi connectivity index (χ0n) is 10.2. The van der Waals surface area contributed by atoms with Crippen LogP contribution in [0.3, 0.4) is 0 Å². The van der Waals surface area contributed by atoms with E-state index >= 15 is 0 Å². The molecule has 0 fully saturated rings. The van der Waals surface area contributed by atoms with E-state index in [2.05, 4.69) is 5.32 Å². The predicted octanol–water partition coefficient (Wildman–Crippen LogP) is 0.676. The van der Waals surface area contributed by atoms with E-state index in [-0.39, 0.29) is 26.3 Å². The highest BCUT2D eigenvalue weighted by molar-refractivity contribution is 6.35. The first kappa shape index (κ1) is 16.5. The lowest BCUT2D eigenvalue weighted by molar-refractivity contribution is 0.0795. The van der Waals surface area contributed by atoms with Crippen LogP contribution in [0.2, 0.25) is 10.0 Å². The Morgan fingerprint density at radius 1 is 1.16 bits per heavy atom. The monoisotopic (exact) mass is 309 g/mol. The average molecular weight is 310 g/mol. The molecule has 4 N–H and O–H groups in total. The minimum Gasteiger partial charge on any atom is -0.489 e. The minimum atomic E-state index is -0.834. The molecule has 0 aromatic heterocycles. The summed E-state index contributed by atoms with van der Waals surface area (Å²) in [6, 6.07) is 4.83. The molecule has 0 aliphatic heterocycles. The molecule has 1 rings (SSSR count). The van der Waals surface area contributed by atoms with Crippen LogP contribution in [0, 0.1) is 0 Å². The van der Waals surface area contributed by atoms with Gasteiger partial charge in [0.1, 0.15) is 18.5 Å². The van der Waals surface area contributed by atoms with Crippen LogP contribution in [0.15, 0.2) is 18.2 Å². The highest BCUT2D eigenvalue weighted by Gasteiger charge is 2.09. The van der Waals surface area contributed by atoms with Gasteiger partial charge in [0.2, 0.25) is 0 Å². The molecule has 0 saturated heterocycles. The molecule has 0 aliphatic rings. The Balaban J connectivity index is 2.28. The van der Waals surface area contributed by atoms with Crippen molar-refractivity contribution in [1.82, 2.24) is 5.32 Å². The first-order chi connectivity index (χ1) is 9.02. The second-order valence-corrected chi connectivity index (χ2v) is 4.88. The standard InChI is InChI=1S/C12H17Cl2NO4/c13-8-1-2-12(11(14)3-8)19-7-10(18)5-15-4-9(17)6-16/h1-3,9-10,15-18H,4-7H2. The van der Waals surface area contributed by atoms with Crippen molar-refractivity contribution in [2.45, 2.75) is 12.2 Å². The maximum Gasteiger partial charge on any atom is 0.138 e. The molecule has 5 nitrogen and oxygen atoms in total. The molecule has 7 heteroatoms. The molecule has 19 heavy (non-hydrogen) atoms. The fourth-order valence-corrected chi connectivity index (χ4v) is 1.78. The Morgan fingerprint density at radius 3 is 2.47 bits per heavy atom. The maximum atomic E-state index is 9.64. The summed E-state index contributed by atoms with van der Waals surface area (Å²) in [5, 5.41) is 31.0. The minimum absolute atomic E-state index is 0.0591. The summed E-state index contributed by atoms with van der Waals surface area (Å²) in [5.74, 6) is 0.445. The fourth-order valence-electron chi connectivity index (χ4n) is 1.32. The number of ether oxygens (including phenoxy) is 1. The van der Waals surface area contributed by atoms with E-state index in [9.17, 15) is 5.11 Å². The van der Waals surface area contributed by atoms with E-state index in [0.29, 0.717) is 15.8 Å². The van der Waals surface area contributed by atoms with Gasteiger partial charge < -0.3 is 25.4 Å². The van der Waals surface area contributed by atoms with E-state index in [1.165, 1.54) is 0 Å². The zero-order valence-corrected chi connectivity index (χ0v) is 11.7. The van der Waals surface area contributed by atoms with Crippen molar-refractivity contribution < 1.29 is 20.1 Å². The molecule has 0 saturated carbocycles. The van der Waals surface area contributed by atoms with Crippen molar-refractivity contribution in [3.63, 3.8) is 0 Å². The predicted molar refractivity (Wildman–Crippen MR) is 73.9 cm³/mol. The van der Waals surface area contributed by atoms with Gasteiger partial charge in [0, 0.05) is 18.1 Å². The molecule has 0 heterocycles. The van der Waals surface area contributed by atoms with Gasteiger partial charge in [-0.05, 0) is 18.2 Å². The Bertz CT molecular complexity index is 392. The first-order valence-electron chi connectivity index (χ1n) is 5.78. The lowest BCUT2D eigenvalue weighted by atomic mass is 10.3. The van der Waals surface area contributed by atoms with Gasteiger partial charge in [-0.15, -0.1) is 0 Å². The second-order valence-electron chi connectivity index (χ2n) is 4.03. The molecule has 0 amide bonds. The first-order valence-corrected chi connectivity index (χ1v) is 6.54. The highest BCUT2D eigenvalue weighted by Crippen LogP contribution is 2.27. The molecule has 0 bridgehead atoms. The van der Waals surface area contributed by atoms with Crippen LogP contribution in [-0.2, 0) is 0 Å². The number of aliphatic hydroxyl groups is 3. The number of hydrogen-bond acceptors (Lipinski definition) is 5. The van der Waals surface area contributed by atoms with Gasteiger partial charge in [0.05, 0.1) is 17.7 Å². The van der Waals surface area contributed by atoms with E-state index in [1.54, 1.807) is 18.2 Å². The molecule has 1 aromatic carbocycles. The van der Waals surface area contributed by atoms with Crippen LogP contribution in [0.4, 0.5) is 0 Å². The fraction of sp³-hybridized carbons (Fsp3) is 0.500. The van der Waals surface area contributed by atoms with Crippen LogP contribution in [0.5, 0.6) is 5.75 Å². The number of aliphatic hydroxyl groups excluding tert-OH is 3.